The lowest BCUT2D eigenvalue weighted by atomic mass is 9.89. The summed E-state index contributed by atoms with van der Waals surface area (Å²) in [6.45, 7) is 3.19. The number of hydrogen-bond acceptors (Lipinski definition) is 4. The SMILES string of the molecule is CCOc1c(Br)cc(C(=O)NCCNC(=O)C2CCCCC2)cc1OC. The highest BCUT2D eigenvalue weighted by Crippen LogP contribution is 2.36. The predicted octanol–water partition coefficient (Wildman–Crippen LogP) is 3.28. The van der Waals surface area contributed by atoms with Crippen molar-refractivity contribution >= 4 is 27.7 Å². The number of rotatable bonds is 8. The molecule has 144 valence electrons. The molecule has 1 saturated carbocycles. The zero-order valence-corrected chi connectivity index (χ0v) is 17.0. The van der Waals surface area contributed by atoms with Gasteiger partial charge in [-0.2, -0.15) is 0 Å². The minimum atomic E-state index is -0.223. The Hall–Kier alpha value is -1.76. The molecule has 6 nitrogen and oxygen atoms in total. The van der Waals surface area contributed by atoms with Crippen LogP contribution >= 0.6 is 15.9 Å². The van der Waals surface area contributed by atoms with E-state index in [4.69, 9.17) is 9.47 Å². The van der Waals surface area contributed by atoms with Crippen LogP contribution in [-0.4, -0.2) is 38.6 Å². The molecule has 2 amide bonds. The molecule has 2 N–H and O–H groups in total. The number of methoxy groups -OCH3 is 1. The average Bonchev–Trinajstić information content (AvgIpc) is 2.67. The lowest BCUT2D eigenvalue weighted by molar-refractivity contribution is -0.125. The molecule has 0 aromatic heterocycles. The van der Waals surface area contributed by atoms with Gasteiger partial charge in [-0.15, -0.1) is 0 Å². The Kier molecular flexibility index (Phi) is 8.22. The van der Waals surface area contributed by atoms with Gasteiger partial charge in [-0.3, -0.25) is 9.59 Å². The Morgan fingerprint density at radius 3 is 2.50 bits per heavy atom. The van der Waals surface area contributed by atoms with Crippen molar-refractivity contribution in [2.24, 2.45) is 5.92 Å². The Labute approximate surface area is 163 Å². The van der Waals surface area contributed by atoms with Gasteiger partial charge in [-0.25, -0.2) is 0 Å². The molecular weight excluding hydrogens is 400 g/mol. The quantitative estimate of drug-likeness (QED) is 0.625. The molecule has 0 bridgehead atoms. The van der Waals surface area contributed by atoms with E-state index in [1.54, 1.807) is 12.1 Å². The van der Waals surface area contributed by atoms with Crippen molar-refractivity contribution in [3.05, 3.63) is 22.2 Å². The van der Waals surface area contributed by atoms with E-state index < -0.39 is 0 Å². The highest BCUT2D eigenvalue weighted by molar-refractivity contribution is 9.10. The van der Waals surface area contributed by atoms with Gasteiger partial charge in [0.15, 0.2) is 11.5 Å². The third-order valence-electron chi connectivity index (χ3n) is 4.47. The number of nitrogens with one attached hydrogen (secondary N) is 2. The highest BCUT2D eigenvalue weighted by atomic mass is 79.9. The van der Waals surface area contributed by atoms with E-state index in [-0.39, 0.29) is 17.7 Å². The maximum atomic E-state index is 12.3. The van der Waals surface area contributed by atoms with Gasteiger partial charge in [0.25, 0.3) is 5.91 Å². The largest absolute Gasteiger partial charge is 0.493 e. The van der Waals surface area contributed by atoms with Gasteiger partial charge in [0, 0.05) is 24.6 Å². The van der Waals surface area contributed by atoms with Gasteiger partial charge >= 0.3 is 0 Å². The lowest BCUT2D eigenvalue weighted by Crippen LogP contribution is -2.38. The molecule has 2 rings (SSSR count). The number of halogens is 1. The molecule has 0 heterocycles. The monoisotopic (exact) mass is 426 g/mol. The number of amides is 2. The van der Waals surface area contributed by atoms with E-state index in [0.29, 0.717) is 41.2 Å². The Morgan fingerprint density at radius 2 is 1.85 bits per heavy atom. The van der Waals surface area contributed by atoms with E-state index >= 15 is 0 Å². The van der Waals surface area contributed by atoms with E-state index in [1.807, 2.05) is 6.92 Å². The molecule has 0 unspecified atom stereocenters. The van der Waals surface area contributed by atoms with Crippen LogP contribution in [0.4, 0.5) is 0 Å². The van der Waals surface area contributed by atoms with Crippen LogP contribution in [0.15, 0.2) is 16.6 Å². The number of carbonyl (C=O) groups excluding carboxylic acids is 2. The van der Waals surface area contributed by atoms with Crippen LogP contribution in [0.2, 0.25) is 0 Å². The summed E-state index contributed by atoms with van der Waals surface area (Å²) in [6, 6.07) is 3.34. The van der Waals surface area contributed by atoms with Crippen LogP contribution in [0.1, 0.15) is 49.4 Å². The van der Waals surface area contributed by atoms with Crippen molar-refractivity contribution in [1.29, 1.82) is 0 Å². The Balaban J connectivity index is 1.83. The third-order valence-corrected chi connectivity index (χ3v) is 5.06. The molecule has 0 radical (unpaired) electrons. The van der Waals surface area contributed by atoms with Crippen molar-refractivity contribution in [2.45, 2.75) is 39.0 Å². The maximum Gasteiger partial charge on any atom is 0.251 e. The van der Waals surface area contributed by atoms with Gasteiger partial charge < -0.3 is 20.1 Å². The van der Waals surface area contributed by atoms with Gasteiger partial charge in [0.1, 0.15) is 0 Å². The van der Waals surface area contributed by atoms with Crippen molar-refractivity contribution in [3.63, 3.8) is 0 Å². The first-order chi connectivity index (χ1) is 12.6. The fourth-order valence-corrected chi connectivity index (χ4v) is 3.66. The van der Waals surface area contributed by atoms with Crippen molar-refractivity contribution < 1.29 is 19.1 Å². The standard InChI is InChI=1S/C19H27BrN2O4/c1-3-26-17-15(20)11-14(12-16(17)25-2)19(24)22-10-9-21-18(23)13-7-5-4-6-8-13/h11-13H,3-10H2,1-2H3,(H,21,23)(H,22,24). The summed E-state index contributed by atoms with van der Waals surface area (Å²) in [7, 11) is 1.53. The molecule has 1 aromatic carbocycles. The summed E-state index contributed by atoms with van der Waals surface area (Å²) in [5.74, 6) is 1.08. The highest BCUT2D eigenvalue weighted by Gasteiger charge is 2.20. The van der Waals surface area contributed by atoms with Crippen LogP contribution in [0.3, 0.4) is 0 Å². The molecule has 1 aromatic rings. The van der Waals surface area contributed by atoms with E-state index in [2.05, 4.69) is 26.6 Å². The average molecular weight is 427 g/mol. The summed E-state index contributed by atoms with van der Waals surface area (Å²) in [4.78, 5) is 24.4. The molecule has 0 aliphatic heterocycles. The molecular formula is C19H27BrN2O4. The topological polar surface area (TPSA) is 76.7 Å². The summed E-state index contributed by atoms with van der Waals surface area (Å²) in [6.07, 6.45) is 5.42. The Morgan fingerprint density at radius 1 is 1.15 bits per heavy atom. The van der Waals surface area contributed by atoms with Crippen LogP contribution in [-0.2, 0) is 4.79 Å². The molecule has 1 fully saturated rings. The lowest BCUT2D eigenvalue weighted by Gasteiger charge is -2.20. The summed E-state index contributed by atoms with van der Waals surface area (Å²) in [5, 5.41) is 5.73. The molecule has 0 atom stereocenters. The van der Waals surface area contributed by atoms with Crippen molar-refractivity contribution in [3.8, 4) is 11.5 Å². The summed E-state index contributed by atoms with van der Waals surface area (Å²) < 4.78 is 11.5. The smallest absolute Gasteiger partial charge is 0.251 e. The molecule has 1 aliphatic rings. The molecule has 7 heteroatoms. The predicted molar refractivity (Wildman–Crippen MR) is 104 cm³/mol. The number of benzene rings is 1. The zero-order chi connectivity index (χ0) is 18.9. The van der Waals surface area contributed by atoms with E-state index in [9.17, 15) is 9.59 Å². The first-order valence-corrected chi connectivity index (χ1v) is 9.92. The Bertz CT molecular complexity index is 630. The second kappa shape index (κ2) is 10.4. The maximum absolute atomic E-state index is 12.3. The molecule has 26 heavy (non-hydrogen) atoms. The van der Waals surface area contributed by atoms with Crippen LogP contribution < -0.4 is 20.1 Å². The van der Waals surface area contributed by atoms with Crippen LogP contribution in [0.5, 0.6) is 11.5 Å². The van der Waals surface area contributed by atoms with Gasteiger partial charge in [-0.05, 0) is 47.8 Å². The van der Waals surface area contributed by atoms with Gasteiger partial charge in [-0.1, -0.05) is 19.3 Å². The number of hydrogen-bond donors (Lipinski definition) is 2. The summed E-state index contributed by atoms with van der Waals surface area (Å²) in [5.41, 5.74) is 0.468. The van der Waals surface area contributed by atoms with Gasteiger partial charge in [0.2, 0.25) is 5.91 Å². The normalized spacial score (nSPS) is 14.6. The fraction of sp³-hybridized carbons (Fsp3) is 0.579. The zero-order valence-electron chi connectivity index (χ0n) is 15.4. The number of ether oxygens (including phenoxy) is 2. The molecule has 0 saturated heterocycles. The van der Waals surface area contributed by atoms with Crippen LogP contribution in [0, 0.1) is 5.92 Å². The second-order valence-electron chi connectivity index (χ2n) is 6.30. The first-order valence-electron chi connectivity index (χ1n) is 9.13. The summed E-state index contributed by atoms with van der Waals surface area (Å²) >= 11 is 3.41. The molecule has 1 aliphatic carbocycles. The number of carbonyl (C=O) groups is 2. The van der Waals surface area contributed by atoms with Gasteiger partial charge in [0.05, 0.1) is 18.2 Å². The van der Waals surface area contributed by atoms with Crippen LogP contribution in [0.25, 0.3) is 0 Å². The van der Waals surface area contributed by atoms with E-state index in [1.165, 1.54) is 13.5 Å². The molecule has 0 spiro atoms. The third kappa shape index (κ3) is 5.62. The first kappa shape index (κ1) is 20.6. The minimum Gasteiger partial charge on any atom is -0.493 e. The minimum absolute atomic E-state index is 0.101. The van der Waals surface area contributed by atoms with Crippen molar-refractivity contribution in [2.75, 3.05) is 26.8 Å². The second-order valence-corrected chi connectivity index (χ2v) is 7.16. The van der Waals surface area contributed by atoms with Crippen molar-refractivity contribution in [1.82, 2.24) is 10.6 Å². The fourth-order valence-electron chi connectivity index (χ4n) is 3.11. The van der Waals surface area contributed by atoms with E-state index in [0.717, 1.165) is 25.7 Å².